The Morgan fingerprint density at radius 1 is 1.26 bits per heavy atom. The summed E-state index contributed by atoms with van der Waals surface area (Å²) in [7, 11) is 0. The number of halogens is 1. The summed E-state index contributed by atoms with van der Waals surface area (Å²) in [5, 5.41) is 13.7. The van der Waals surface area contributed by atoms with E-state index in [4.69, 9.17) is 16.3 Å². The van der Waals surface area contributed by atoms with Gasteiger partial charge in [0.25, 0.3) is 5.91 Å². The van der Waals surface area contributed by atoms with Gasteiger partial charge in [0.1, 0.15) is 31.1 Å². The first-order valence-electron chi connectivity index (χ1n) is 12.0. The van der Waals surface area contributed by atoms with Gasteiger partial charge in [-0.15, -0.1) is 16.7 Å². The molecule has 2 amide bonds. The van der Waals surface area contributed by atoms with Crippen LogP contribution in [-0.2, 0) is 14.3 Å². The Bertz CT molecular complexity index is 1110. The van der Waals surface area contributed by atoms with Gasteiger partial charge in [0, 0.05) is 12.1 Å². The molecule has 4 atom stereocenters. The molecule has 10 nitrogen and oxygen atoms in total. The molecule has 186 valence electrons. The fraction of sp³-hybridized carbons (Fsp3) is 0.583. The number of tetrazole rings is 1. The lowest BCUT2D eigenvalue weighted by atomic mass is 9.71. The van der Waals surface area contributed by atoms with Gasteiger partial charge in [0.05, 0.1) is 11.1 Å². The highest BCUT2D eigenvalue weighted by atomic mass is 35.5. The molecular formula is C24H29ClN6O4. The molecule has 1 saturated carbocycles. The number of benzene rings is 1. The van der Waals surface area contributed by atoms with Gasteiger partial charge in [-0.3, -0.25) is 14.4 Å². The maximum atomic E-state index is 13.9. The minimum Gasteiger partial charge on any atom is -0.366 e. The van der Waals surface area contributed by atoms with Gasteiger partial charge in [-0.05, 0) is 65.6 Å². The van der Waals surface area contributed by atoms with Crippen LogP contribution in [0.1, 0.15) is 49.9 Å². The zero-order valence-corrected chi connectivity index (χ0v) is 20.5. The summed E-state index contributed by atoms with van der Waals surface area (Å²) in [5.41, 5.74) is 1.22. The highest BCUT2D eigenvalue weighted by Crippen LogP contribution is 2.40. The van der Waals surface area contributed by atoms with Crippen molar-refractivity contribution in [2.24, 2.45) is 11.3 Å². The van der Waals surface area contributed by atoms with Crippen molar-refractivity contribution in [3.05, 3.63) is 36.2 Å². The van der Waals surface area contributed by atoms with Crippen LogP contribution < -0.4 is 5.32 Å². The zero-order chi connectivity index (χ0) is 24.7. The smallest absolute Gasteiger partial charge is 0.252 e. The summed E-state index contributed by atoms with van der Waals surface area (Å²) in [6.45, 7) is 4.63. The van der Waals surface area contributed by atoms with E-state index in [0.29, 0.717) is 11.3 Å². The molecule has 2 aromatic rings. The molecule has 0 spiro atoms. The average Bonchev–Trinajstić information content (AvgIpc) is 3.57. The van der Waals surface area contributed by atoms with Crippen LogP contribution in [0.5, 0.6) is 0 Å². The van der Waals surface area contributed by atoms with E-state index in [1.165, 1.54) is 15.9 Å². The van der Waals surface area contributed by atoms with Crippen molar-refractivity contribution in [2.45, 2.75) is 63.1 Å². The first kappa shape index (κ1) is 23.9. The molecule has 11 heteroatoms. The van der Waals surface area contributed by atoms with Crippen molar-refractivity contribution in [3.8, 4) is 5.69 Å². The van der Waals surface area contributed by atoms with Crippen LogP contribution in [0.25, 0.3) is 5.69 Å². The maximum Gasteiger partial charge on any atom is 0.252 e. The van der Waals surface area contributed by atoms with E-state index >= 15 is 0 Å². The molecule has 5 rings (SSSR count). The van der Waals surface area contributed by atoms with Crippen LogP contribution in [0.2, 0.25) is 0 Å². The molecule has 2 aliphatic heterocycles. The largest absolute Gasteiger partial charge is 0.366 e. The van der Waals surface area contributed by atoms with E-state index in [1.54, 1.807) is 24.3 Å². The number of ketones is 1. The Hall–Kier alpha value is -2.85. The predicted molar refractivity (Wildman–Crippen MR) is 126 cm³/mol. The van der Waals surface area contributed by atoms with E-state index in [1.807, 2.05) is 0 Å². The second kappa shape index (κ2) is 9.31. The van der Waals surface area contributed by atoms with Crippen molar-refractivity contribution in [1.82, 2.24) is 30.4 Å². The number of hydrogen-bond acceptors (Lipinski definition) is 7. The van der Waals surface area contributed by atoms with Gasteiger partial charge >= 0.3 is 0 Å². The second-order valence-corrected chi connectivity index (χ2v) is 11.0. The number of carbonyl (C=O) groups is 3. The Labute approximate surface area is 208 Å². The van der Waals surface area contributed by atoms with Crippen molar-refractivity contribution < 1.29 is 19.1 Å². The van der Waals surface area contributed by atoms with Crippen molar-refractivity contribution in [3.63, 3.8) is 0 Å². The molecule has 1 aromatic carbocycles. The number of hydrogen-bond donors (Lipinski definition) is 1. The monoisotopic (exact) mass is 500 g/mol. The predicted octanol–water partition coefficient (Wildman–Crippen LogP) is 1.76. The maximum absolute atomic E-state index is 13.9. The molecular weight excluding hydrogens is 472 g/mol. The van der Waals surface area contributed by atoms with Gasteiger partial charge < -0.3 is 15.0 Å². The number of amides is 2. The molecule has 3 fully saturated rings. The Morgan fingerprint density at radius 2 is 2.03 bits per heavy atom. The van der Waals surface area contributed by atoms with Crippen LogP contribution in [0.15, 0.2) is 30.6 Å². The molecule has 1 aliphatic carbocycles. The minimum atomic E-state index is -0.758. The molecule has 35 heavy (non-hydrogen) atoms. The quantitative estimate of drug-likeness (QED) is 0.621. The number of ether oxygens (including phenoxy) is 1. The number of fused-ring (bicyclic) bond motifs is 1. The van der Waals surface area contributed by atoms with E-state index in [2.05, 4.69) is 34.7 Å². The second-order valence-electron chi connectivity index (χ2n) is 10.5. The van der Waals surface area contributed by atoms with E-state index in [0.717, 1.165) is 25.7 Å². The lowest BCUT2D eigenvalue weighted by molar-refractivity contribution is -0.139. The standard InChI is InChI=1S/C24H29ClN6O4/c1-24(2)8-6-14(7-9-24)19(23(34)30-11-17(25)21-20(30)18(32)12-35-21)27-22(33)15-4-3-5-16(10-15)31-13-26-28-29-31/h3-5,10,13-14,17,19-21H,6-9,11-12H2,1-2H3,(H,27,33)/t17-,19+,20-,21-/m1/s1. The summed E-state index contributed by atoms with van der Waals surface area (Å²) in [6, 6.07) is 5.44. The van der Waals surface area contributed by atoms with E-state index in [-0.39, 0.29) is 42.1 Å². The number of nitrogens with one attached hydrogen (secondary N) is 1. The van der Waals surface area contributed by atoms with Gasteiger partial charge in [-0.1, -0.05) is 19.9 Å². The fourth-order valence-corrected chi connectivity index (χ4v) is 5.79. The number of carbonyl (C=O) groups excluding carboxylic acids is 3. The van der Waals surface area contributed by atoms with Gasteiger partial charge in [-0.2, -0.15) is 0 Å². The molecule has 0 radical (unpaired) electrons. The van der Waals surface area contributed by atoms with Crippen molar-refractivity contribution in [2.75, 3.05) is 13.2 Å². The average molecular weight is 501 g/mol. The topological polar surface area (TPSA) is 119 Å². The summed E-state index contributed by atoms with van der Waals surface area (Å²) >= 11 is 6.44. The third-order valence-electron chi connectivity index (χ3n) is 7.54. The first-order chi connectivity index (χ1) is 16.7. The summed E-state index contributed by atoms with van der Waals surface area (Å²) < 4.78 is 7.01. The molecule has 1 aromatic heterocycles. The fourth-order valence-electron chi connectivity index (χ4n) is 5.43. The first-order valence-corrected chi connectivity index (χ1v) is 12.4. The lowest BCUT2D eigenvalue weighted by Gasteiger charge is -2.39. The summed E-state index contributed by atoms with van der Waals surface area (Å²) in [4.78, 5) is 41.3. The molecule has 2 saturated heterocycles. The van der Waals surface area contributed by atoms with E-state index in [9.17, 15) is 14.4 Å². The lowest BCUT2D eigenvalue weighted by Crippen LogP contribution is -2.55. The molecule has 0 unspecified atom stereocenters. The van der Waals surface area contributed by atoms with Crippen molar-refractivity contribution >= 4 is 29.2 Å². The normalized spacial score (nSPS) is 27.0. The summed E-state index contributed by atoms with van der Waals surface area (Å²) in [5.74, 6) is -0.810. The van der Waals surface area contributed by atoms with Crippen molar-refractivity contribution in [1.29, 1.82) is 0 Å². The Balaban J connectivity index is 1.40. The molecule has 3 aliphatic rings. The number of Topliss-reactive ketones (excluding diaryl/α,β-unsaturated/α-hetero) is 1. The van der Waals surface area contributed by atoms with Crippen LogP contribution in [0, 0.1) is 11.3 Å². The highest BCUT2D eigenvalue weighted by molar-refractivity contribution is 6.22. The Morgan fingerprint density at radius 3 is 2.74 bits per heavy atom. The number of likely N-dealkylation sites (tertiary alicyclic amines) is 1. The van der Waals surface area contributed by atoms with Crippen LogP contribution >= 0.6 is 11.6 Å². The Kier molecular flexibility index (Phi) is 6.35. The van der Waals surface area contributed by atoms with E-state index < -0.39 is 23.6 Å². The minimum absolute atomic E-state index is 0.0348. The highest BCUT2D eigenvalue weighted by Gasteiger charge is 2.53. The third kappa shape index (κ3) is 4.69. The number of nitrogens with zero attached hydrogens (tertiary/aromatic N) is 5. The van der Waals surface area contributed by atoms with Gasteiger partial charge in [-0.25, -0.2) is 4.68 Å². The molecule has 0 bridgehead atoms. The number of rotatable bonds is 5. The third-order valence-corrected chi connectivity index (χ3v) is 7.92. The zero-order valence-electron chi connectivity index (χ0n) is 19.8. The number of alkyl halides is 1. The number of aromatic nitrogens is 4. The SMILES string of the molecule is CC1(C)CCC([C@H](NC(=O)c2cccc(-n3cnnn3)c2)C(=O)N2C[C@@H](Cl)[C@H]3OCC(=O)[C@H]32)CC1. The molecule has 3 heterocycles. The molecule has 1 N–H and O–H groups in total. The van der Waals surface area contributed by atoms with Gasteiger partial charge in [0.2, 0.25) is 5.91 Å². The van der Waals surface area contributed by atoms with Crippen LogP contribution in [0.4, 0.5) is 0 Å². The summed E-state index contributed by atoms with van der Waals surface area (Å²) in [6.07, 6.45) is 4.48. The van der Waals surface area contributed by atoms with Crippen LogP contribution in [0.3, 0.4) is 0 Å². The van der Waals surface area contributed by atoms with Crippen LogP contribution in [-0.4, -0.2) is 79.4 Å². The van der Waals surface area contributed by atoms with Gasteiger partial charge in [0.15, 0.2) is 5.78 Å².